The maximum atomic E-state index is 11.8. The number of esters is 1. The SMILES string of the molecule is CCC(=O)C1(C(=O)OC)CC(C(C)C)C1. The molecule has 0 bridgehead atoms. The molecule has 1 fully saturated rings. The van der Waals surface area contributed by atoms with Crippen LogP contribution in [0.4, 0.5) is 0 Å². The van der Waals surface area contributed by atoms with E-state index in [1.165, 1.54) is 7.11 Å². The summed E-state index contributed by atoms with van der Waals surface area (Å²) in [7, 11) is 1.36. The summed E-state index contributed by atoms with van der Waals surface area (Å²) < 4.78 is 4.75. The molecule has 0 aromatic heterocycles. The predicted octanol–water partition coefficient (Wildman–Crippen LogP) is 2.19. The van der Waals surface area contributed by atoms with Crippen molar-refractivity contribution in [1.82, 2.24) is 0 Å². The van der Waals surface area contributed by atoms with Gasteiger partial charge in [0.05, 0.1) is 7.11 Å². The highest BCUT2D eigenvalue weighted by Gasteiger charge is 2.56. The summed E-state index contributed by atoms with van der Waals surface area (Å²) in [5, 5.41) is 0. The van der Waals surface area contributed by atoms with Gasteiger partial charge in [0.1, 0.15) is 11.2 Å². The summed E-state index contributed by atoms with van der Waals surface area (Å²) >= 11 is 0. The van der Waals surface area contributed by atoms with E-state index in [2.05, 4.69) is 13.8 Å². The van der Waals surface area contributed by atoms with Gasteiger partial charge in [-0.25, -0.2) is 0 Å². The number of rotatable bonds is 4. The van der Waals surface area contributed by atoms with Crippen molar-refractivity contribution in [3.05, 3.63) is 0 Å². The summed E-state index contributed by atoms with van der Waals surface area (Å²) in [5.41, 5.74) is -0.807. The van der Waals surface area contributed by atoms with E-state index in [4.69, 9.17) is 4.74 Å². The quantitative estimate of drug-likeness (QED) is 0.530. The van der Waals surface area contributed by atoms with Crippen LogP contribution >= 0.6 is 0 Å². The van der Waals surface area contributed by atoms with Crippen LogP contribution in [0.25, 0.3) is 0 Å². The molecule has 0 spiro atoms. The van der Waals surface area contributed by atoms with Crippen molar-refractivity contribution < 1.29 is 14.3 Å². The normalized spacial score (nSPS) is 29.8. The molecule has 0 radical (unpaired) electrons. The lowest BCUT2D eigenvalue weighted by atomic mass is 9.56. The molecule has 0 aliphatic heterocycles. The van der Waals surface area contributed by atoms with Crippen LogP contribution in [0, 0.1) is 17.3 Å². The Bertz CT molecular complexity index is 244. The van der Waals surface area contributed by atoms with E-state index in [1.54, 1.807) is 6.92 Å². The maximum absolute atomic E-state index is 11.8. The average molecular weight is 212 g/mol. The molecule has 1 rings (SSSR count). The zero-order chi connectivity index (χ0) is 11.6. The average Bonchev–Trinajstić information content (AvgIpc) is 2.14. The van der Waals surface area contributed by atoms with E-state index in [0.717, 1.165) is 0 Å². The molecule has 0 N–H and O–H groups in total. The van der Waals surface area contributed by atoms with Gasteiger partial charge in [-0.05, 0) is 24.7 Å². The number of ether oxygens (including phenoxy) is 1. The van der Waals surface area contributed by atoms with Crippen molar-refractivity contribution in [2.45, 2.75) is 40.0 Å². The Kier molecular flexibility index (Phi) is 3.53. The first-order valence-corrected chi connectivity index (χ1v) is 5.59. The van der Waals surface area contributed by atoms with Crippen LogP contribution in [0.3, 0.4) is 0 Å². The van der Waals surface area contributed by atoms with Crippen molar-refractivity contribution in [3.8, 4) is 0 Å². The standard InChI is InChI=1S/C12H20O3/c1-5-10(13)12(11(14)15-4)6-9(7-12)8(2)3/h8-9H,5-7H2,1-4H3. The molecule has 15 heavy (non-hydrogen) atoms. The molecular formula is C12H20O3. The van der Waals surface area contributed by atoms with Gasteiger partial charge in [-0.1, -0.05) is 20.8 Å². The topological polar surface area (TPSA) is 43.4 Å². The van der Waals surface area contributed by atoms with Gasteiger partial charge in [0.25, 0.3) is 0 Å². The second-order valence-electron chi connectivity index (χ2n) is 4.76. The van der Waals surface area contributed by atoms with Crippen LogP contribution in [0.1, 0.15) is 40.0 Å². The van der Waals surface area contributed by atoms with Crippen LogP contribution < -0.4 is 0 Å². The molecular weight excluding hydrogens is 192 g/mol. The van der Waals surface area contributed by atoms with Crippen molar-refractivity contribution >= 4 is 11.8 Å². The summed E-state index contributed by atoms with van der Waals surface area (Å²) in [5.74, 6) is 0.713. The molecule has 0 unspecified atom stereocenters. The fraction of sp³-hybridized carbons (Fsp3) is 0.833. The van der Waals surface area contributed by atoms with Crippen molar-refractivity contribution in [2.24, 2.45) is 17.3 Å². The number of carbonyl (C=O) groups is 2. The lowest BCUT2D eigenvalue weighted by Crippen LogP contribution is -2.51. The van der Waals surface area contributed by atoms with E-state index < -0.39 is 5.41 Å². The lowest BCUT2D eigenvalue weighted by Gasteiger charge is -2.45. The monoisotopic (exact) mass is 212 g/mol. The van der Waals surface area contributed by atoms with Gasteiger partial charge < -0.3 is 4.74 Å². The minimum atomic E-state index is -0.807. The van der Waals surface area contributed by atoms with E-state index >= 15 is 0 Å². The first-order chi connectivity index (χ1) is 6.97. The zero-order valence-corrected chi connectivity index (χ0v) is 10.0. The molecule has 3 heteroatoms. The first kappa shape index (κ1) is 12.2. The van der Waals surface area contributed by atoms with E-state index in [0.29, 0.717) is 31.1 Å². The Morgan fingerprint density at radius 2 is 1.93 bits per heavy atom. The third-order valence-corrected chi connectivity index (χ3v) is 3.60. The largest absolute Gasteiger partial charge is 0.468 e. The maximum Gasteiger partial charge on any atom is 0.319 e. The molecule has 1 saturated carbocycles. The number of Topliss-reactive ketones (excluding diaryl/α,β-unsaturated/α-hetero) is 1. The van der Waals surface area contributed by atoms with E-state index in [9.17, 15) is 9.59 Å². The summed E-state index contributed by atoms with van der Waals surface area (Å²) in [4.78, 5) is 23.4. The smallest absolute Gasteiger partial charge is 0.319 e. The Labute approximate surface area is 91.2 Å². The molecule has 1 aliphatic rings. The Morgan fingerprint density at radius 3 is 2.27 bits per heavy atom. The highest BCUT2D eigenvalue weighted by atomic mass is 16.5. The molecule has 1 aliphatic carbocycles. The van der Waals surface area contributed by atoms with Gasteiger partial charge in [0.2, 0.25) is 0 Å². The summed E-state index contributed by atoms with van der Waals surface area (Å²) in [6.07, 6.45) is 1.76. The molecule has 0 amide bonds. The Morgan fingerprint density at radius 1 is 1.40 bits per heavy atom. The minimum Gasteiger partial charge on any atom is -0.468 e. The van der Waals surface area contributed by atoms with Gasteiger partial charge >= 0.3 is 5.97 Å². The van der Waals surface area contributed by atoms with Crippen LogP contribution in [-0.4, -0.2) is 18.9 Å². The highest BCUT2D eigenvalue weighted by Crippen LogP contribution is 2.50. The summed E-state index contributed by atoms with van der Waals surface area (Å²) in [6.45, 7) is 6.06. The lowest BCUT2D eigenvalue weighted by molar-refractivity contribution is -0.169. The number of carbonyl (C=O) groups excluding carboxylic acids is 2. The molecule has 86 valence electrons. The van der Waals surface area contributed by atoms with Gasteiger partial charge in [-0.3, -0.25) is 9.59 Å². The fourth-order valence-electron chi connectivity index (χ4n) is 2.35. The molecule has 0 aromatic rings. The van der Waals surface area contributed by atoms with E-state index in [-0.39, 0.29) is 11.8 Å². The van der Waals surface area contributed by atoms with Gasteiger partial charge in [0, 0.05) is 6.42 Å². The second kappa shape index (κ2) is 4.33. The molecule has 0 aromatic carbocycles. The fourth-order valence-corrected chi connectivity index (χ4v) is 2.35. The third kappa shape index (κ3) is 1.92. The predicted molar refractivity (Wildman–Crippen MR) is 57.3 cm³/mol. The van der Waals surface area contributed by atoms with Gasteiger partial charge in [-0.2, -0.15) is 0 Å². The highest BCUT2D eigenvalue weighted by molar-refractivity contribution is 6.04. The van der Waals surface area contributed by atoms with Gasteiger partial charge in [0.15, 0.2) is 0 Å². The van der Waals surface area contributed by atoms with Crippen LogP contribution in [-0.2, 0) is 14.3 Å². The van der Waals surface area contributed by atoms with Crippen LogP contribution in [0.15, 0.2) is 0 Å². The molecule has 0 heterocycles. The number of hydrogen-bond acceptors (Lipinski definition) is 3. The molecule has 3 nitrogen and oxygen atoms in total. The summed E-state index contributed by atoms with van der Waals surface area (Å²) in [6, 6.07) is 0. The van der Waals surface area contributed by atoms with Gasteiger partial charge in [-0.15, -0.1) is 0 Å². The number of ketones is 1. The van der Waals surface area contributed by atoms with Crippen LogP contribution in [0.5, 0.6) is 0 Å². The third-order valence-electron chi connectivity index (χ3n) is 3.60. The van der Waals surface area contributed by atoms with Crippen LogP contribution in [0.2, 0.25) is 0 Å². The Balaban J connectivity index is 2.76. The minimum absolute atomic E-state index is 0.0336. The zero-order valence-electron chi connectivity index (χ0n) is 10.0. The van der Waals surface area contributed by atoms with Crippen molar-refractivity contribution in [1.29, 1.82) is 0 Å². The Hall–Kier alpha value is -0.860. The first-order valence-electron chi connectivity index (χ1n) is 5.59. The molecule has 0 atom stereocenters. The van der Waals surface area contributed by atoms with Crippen molar-refractivity contribution in [3.63, 3.8) is 0 Å². The second-order valence-corrected chi connectivity index (χ2v) is 4.76. The number of hydrogen-bond donors (Lipinski definition) is 0. The van der Waals surface area contributed by atoms with E-state index in [1.807, 2.05) is 0 Å². The van der Waals surface area contributed by atoms with Crippen molar-refractivity contribution in [2.75, 3.05) is 7.11 Å². The number of methoxy groups -OCH3 is 1. The molecule has 0 saturated heterocycles.